The van der Waals surface area contributed by atoms with Gasteiger partial charge in [0.2, 0.25) is 0 Å². The number of thiazole rings is 1. The number of fused-ring (bicyclic) bond motifs is 1. The summed E-state index contributed by atoms with van der Waals surface area (Å²) >= 11 is 1.60. The fourth-order valence-electron chi connectivity index (χ4n) is 1.89. The third-order valence-corrected chi connectivity index (χ3v) is 3.91. The molecular weight excluding hydrogens is 272 g/mol. The third-order valence-electron chi connectivity index (χ3n) is 2.98. The Hall–Kier alpha value is -2.08. The standard InChI is InChI=1S/C14H16N4OS/c1-9(2)18-8-10(7-15-18)16-14-17-12-5-4-11(19-3)6-13(12)20-14/h4-9H,1-3H3,(H,16,17). The smallest absolute Gasteiger partial charge is 0.188 e. The molecule has 3 aromatic rings. The van der Waals surface area contributed by atoms with E-state index in [4.69, 9.17) is 4.74 Å². The molecule has 104 valence electrons. The van der Waals surface area contributed by atoms with Gasteiger partial charge in [0.15, 0.2) is 5.13 Å². The van der Waals surface area contributed by atoms with Crippen LogP contribution in [0.1, 0.15) is 19.9 Å². The molecule has 0 saturated heterocycles. The maximum absolute atomic E-state index is 5.22. The predicted octanol–water partition coefficient (Wildman–Crippen LogP) is 3.83. The van der Waals surface area contributed by atoms with Gasteiger partial charge >= 0.3 is 0 Å². The SMILES string of the molecule is COc1ccc2nc(Nc3cnn(C(C)C)c3)sc2c1. The van der Waals surface area contributed by atoms with Crippen LogP contribution in [0.5, 0.6) is 5.75 Å². The van der Waals surface area contributed by atoms with Crippen LogP contribution in [-0.4, -0.2) is 21.9 Å². The molecule has 0 radical (unpaired) electrons. The number of methoxy groups -OCH3 is 1. The number of nitrogens with zero attached hydrogens (tertiary/aromatic N) is 3. The Balaban J connectivity index is 1.86. The normalized spacial score (nSPS) is 11.2. The van der Waals surface area contributed by atoms with Crippen LogP contribution in [0.15, 0.2) is 30.6 Å². The van der Waals surface area contributed by atoms with Crippen molar-refractivity contribution in [2.24, 2.45) is 0 Å². The van der Waals surface area contributed by atoms with Crippen molar-refractivity contribution in [3.8, 4) is 5.75 Å². The Bertz CT molecular complexity index is 732. The first kappa shape index (κ1) is 12.9. The highest BCUT2D eigenvalue weighted by Crippen LogP contribution is 2.30. The lowest BCUT2D eigenvalue weighted by Gasteiger charge is -2.03. The van der Waals surface area contributed by atoms with Crippen molar-refractivity contribution < 1.29 is 4.74 Å². The molecule has 0 aliphatic rings. The van der Waals surface area contributed by atoms with E-state index in [0.29, 0.717) is 6.04 Å². The number of anilines is 2. The first-order chi connectivity index (χ1) is 9.65. The molecule has 0 aliphatic heterocycles. The number of benzene rings is 1. The van der Waals surface area contributed by atoms with Gasteiger partial charge in [0.05, 0.1) is 29.2 Å². The molecule has 20 heavy (non-hydrogen) atoms. The van der Waals surface area contributed by atoms with E-state index in [0.717, 1.165) is 26.8 Å². The molecule has 0 saturated carbocycles. The Labute approximate surface area is 121 Å². The zero-order valence-corrected chi connectivity index (χ0v) is 12.4. The van der Waals surface area contributed by atoms with Gasteiger partial charge in [-0.2, -0.15) is 5.10 Å². The first-order valence-electron chi connectivity index (χ1n) is 6.41. The van der Waals surface area contributed by atoms with Gasteiger partial charge in [0.1, 0.15) is 5.75 Å². The van der Waals surface area contributed by atoms with Crippen molar-refractivity contribution in [1.29, 1.82) is 0 Å². The maximum atomic E-state index is 5.22. The van der Waals surface area contributed by atoms with Gasteiger partial charge in [-0.25, -0.2) is 4.98 Å². The summed E-state index contributed by atoms with van der Waals surface area (Å²) in [5, 5.41) is 8.45. The number of nitrogens with one attached hydrogen (secondary N) is 1. The number of hydrogen-bond donors (Lipinski definition) is 1. The van der Waals surface area contributed by atoms with E-state index < -0.39 is 0 Å². The summed E-state index contributed by atoms with van der Waals surface area (Å²) in [6, 6.07) is 6.23. The highest BCUT2D eigenvalue weighted by Gasteiger charge is 2.07. The molecule has 0 unspecified atom stereocenters. The van der Waals surface area contributed by atoms with Crippen molar-refractivity contribution in [3.05, 3.63) is 30.6 Å². The fraction of sp³-hybridized carbons (Fsp3) is 0.286. The topological polar surface area (TPSA) is 52.0 Å². The molecule has 0 bridgehead atoms. The van der Waals surface area contributed by atoms with Gasteiger partial charge in [0.25, 0.3) is 0 Å². The Morgan fingerprint density at radius 3 is 2.90 bits per heavy atom. The highest BCUT2D eigenvalue weighted by molar-refractivity contribution is 7.22. The Morgan fingerprint density at radius 2 is 2.20 bits per heavy atom. The van der Waals surface area contributed by atoms with Crippen molar-refractivity contribution in [2.45, 2.75) is 19.9 Å². The van der Waals surface area contributed by atoms with Gasteiger partial charge in [0, 0.05) is 12.2 Å². The Kier molecular flexibility index (Phi) is 3.31. The Morgan fingerprint density at radius 1 is 1.35 bits per heavy atom. The summed E-state index contributed by atoms with van der Waals surface area (Å²) in [4.78, 5) is 4.55. The average Bonchev–Trinajstić information content (AvgIpc) is 3.04. The number of aromatic nitrogens is 3. The minimum atomic E-state index is 0.352. The van der Waals surface area contributed by atoms with Crippen LogP contribution in [-0.2, 0) is 0 Å². The molecule has 5 nitrogen and oxygen atoms in total. The van der Waals surface area contributed by atoms with Crippen molar-refractivity contribution in [1.82, 2.24) is 14.8 Å². The van der Waals surface area contributed by atoms with Gasteiger partial charge < -0.3 is 10.1 Å². The van der Waals surface area contributed by atoms with Crippen LogP contribution in [0.25, 0.3) is 10.2 Å². The molecule has 3 rings (SSSR count). The van der Waals surface area contributed by atoms with E-state index in [1.807, 2.05) is 35.3 Å². The molecule has 0 amide bonds. The monoisotopic (exact) mass is 288 g/mol. The average molecular weight is 288 g/mol. The summed E-state index contributed by atoms with van der Waals surface area (Å²) < 4.78 is 8.24. The maximum Gasteiger partial charge on any atom is 0.188 e. The molecule has 0 spiro atoms. The van der Waals surface area contributed by atoms with E-state index in [1.165, 1.54) is 0 Å². The van der Waals surface area contributed by atoms with Gasteiger partial charge in [-0.3, -0.25) is 4.68 Å². The van der Waals surface area contributed by atoms with E-state index in [1.54, 1.807) is 18.4 Å². The lowest BCUT2D eigenvalue weighted by molar-refractivity contribution is 0.415. The molecule has 0 aliphatic carbocycles. The summed E-state index contributed by atoms with van der Waals surface area (Å²) in [5.41, 5.74) is 1.92. The zero-order valence-electron chi connectivity index (χ0n) is 11.6. The molecule has 1 N–H and O–H groups in total. The summed E-state index contributed by atoms with van der Waals surface area (Å²) in [6.45, 7) is 4.20. The third kappa shape index (κ3) is 2.46. The minimum absolute atomic E-state index is 0.352. The number of ether oxygens (including phenoxy) is 1. The second kappa shape index (κ2) is 5.13. The molecule has 0 atom stereocenters. The van der Waals surface area contributed by atoms with Crippen LogP contribution in [0.4, 0.5) is 10.8 Å². The first-order valence-corrected chi connectivity index (χ1v) is 7.23. The molecule has 2 aromatic heterocycles. The second-order valence-electron chi connectivity index (χ2n) is 4.78. The van der Waals surface area contributed by atoms with Gasteiger partial charge in [-0.1, -0.05) is 11.3 Å². The lowest BCUT2D eigenvalue weighted by atomic mass is 10.3. The molecule has 0 fully saturated rings. The highest BCUT2D eigenvalue weighted by atomic mass is 32.1. The van der Waals surface area contributed by atoms with Crippen LogP contribution in [0, 0.1) is 0 Å². The van der Waals surface area contributed by atoms with Crippen LogP contribution >= 0.6 is 11.3 Å². The molecular formula is C14H16N4OS. The predicted molar refractivity (Wildman–Crippen MR) is 82.1 cm³/mol. The van der Waals surface area contributed by atoms with Crippen LogP contribution in [0.3, 0.4) is 0 Å². The fourth-order valence-corrected chi connectivity index (χ4v) is 2.81. The molecule has 1 aromatic carbocycles. The largest absolute Gasteiger partial charge is 0.497 e. The summed E-state index contributed by atoms with van der Waals surface area (Å²) in [7, 11) is 1.67. The van der Waals surface area contributed by atoms with Crippen molar-refractivity contribution in [3.63, 3.8) is 0 Å². The van der Waals surface area contributed by atoms with Crippen LogP contribution in [0.2, 0.25) is 0 Å². The van der Waals surface area contributed by atoms with Crippen LogP contribution < -0.4 is 10.1 Å². The quantitative estimate of drug-likeness (QED) is 0.792. The van der Waals surface area contributed by atoms with E-state index in [2.05, 4.69) is 29.2 Å². The summed E-state index contributed by atoms with van der Waals surface area (Å²) in [6.07, 6.45) is 3.80. The second-order valence-corrected chi connectivity index (χ2v) is 5.81. The van der Waals surface area contributed by atoms with Gasteiger partial charge in [-0.15, -0.1) is 0 Å². The van der Waals surface area contributed by atoms with E-state index in [9.17, 15) is 0 Å². The van der Waals surface area contributed by atoms with Crippen molar-refractivity contribution >= 4 is 32.4 Å². The lowest BCUT2D eigenvalue weighted by Crippen LogP contribution is -1.99. The van der Waals surface area contributed by atoms with E-state index in [-0.39, 0.29) is 0 Å². The number of hydrogen-bond acceptors (Lipinski definition) is 5. The minimum Gasteiger partial charge on any atom is -0.497 e. The van der Waals surface area contributed by atoms with E-state index >= 15 is 0 Å². The zero-order chi connectivity index (χ0) is 14.1. The molecule has 6 heteroatoms. The molecule has 2 heterocycles. The summed E-state index contributed by atoms with van der Waals surface area (Å²) in [5.74, 6) is 0.848. The van der Waals surface area contributed by atoms with Crippen molar-refractivity contribution in [2.75, 3.05) is 12.4 Å². The number of rotatable bonds is 4. The van der Waals surface area contributed by atoms with Gasteiger partial charge in [-0.05, 0) is 32.0 Å².